The average Bonchev–Trinajstić information content (AvgIpc) is 2.74. The Bertz CT molecular complexity index is 501. The van der Waals surface area contributed by atoms with Crippen LogP contribution in [0.2, 0.25) is 0 Å². The van der Waals surface area contributed by atoms with Crippen molar-refractivity contribution in [2.24, 2.45) is 11.7 Å². The minimum atomic E-state index is 0.407. The highest BCUT2D eigenvalue weighted by Gasteiger charge is 2.23. The van der Waals surface area contributed by atoms with E-state index in [1.807, 2.05) is 0 Å². The van der Waals surface area contributed by atoms with E-state index >= 15 is 0 Å². The van der Waals surface area contributed by atoms with Gasteiger partial charge in [-0.1, -0.05) is 25.1 Å². The van der Waals surface area contributed by atoms with Crippen molar-refractivity contribution < 1.29 is 0 Å². The van der Waals surface area contributed by atoms with E-state index in [4.69, 9.17) is 5.73 Å². The third kappa shape index (κ3) is 2.42. The number of hydrogen-bond acceptors (Lipinski definition) is 2. The van der Waals surface area contributed by atoms with E-state index in [0.29, 0.717) is 12.0 Å². The van der Waals surface area contributed by atoms with Gasteiger partial charge in [0.25, 0.3) is 0 Å². The molecule has 2 atom stereocenters. The molecule has 98 valence electrons. The van der Waals surface area contributed by atoms with Crippen LogP contribution in [0.15, 0.2) is 30.5 Å². The van der Waals surface area contributed by atoms with Gasteiger partial charge in [-0.15, -0.1) is 0 Å². The van der Waals surface area contributed by atoms with E-state index in [2.05, 4.69) is 61.4 Å². The second-order valence-corrected chi connectivity index (χ2v) is 5.25. The largest absolute Gasteiger partial charge is 0.361 e. The highest BCUT2D eigenvalue weighted by atomic mass is 15.1. The molecule has 2 aromatic rings. The molecule has 0 saturated heterocycles. The summed E-state index contributed by atoms with van der Waals surface area (Å²) in [6.07, 6.45) is 3.19. The molecule has 0 amide bonds. The number of nitrogens with zero attached hydrogens (tertiary/aromatic N) is 1. The Kier molecular flexibility index (Phi) is 4.04. The molecular formula is C15H23N3. The molecule has 1 aromatic carbocycles. The second-order valence-electron chi connectivity index (χ2n) is 5.25. The molecule has 0 radical (unpaired) electrons. The van der Waals surface area contributed by atoms with Crippen LogP contribution in [-0.2, 0) is 0 Å². The van der Waals surface area contributed by atoms with Crippen LogP contribution in [0.25, 0.3) is 10.9 Å². The summed E-state index contributed by atoms with van der Waals surface area (Å²) < 4.78 is 0. The van der Waals surface area contributed by atoms with Gasteiger partial charge in [0.15, 0.2) is 0 Å². The number of para-hydroxylation sites is 1. The zero-order chi connectivity index (χ0) is 13.1. The van der Waals surface area contributed by atoms with Gasteiger partial charge in [-0.2, -0.15) is 0 Å². The zero-order valence-electron chi connectivity index (χ0n) is 11.5. The SMILES string of the molecule is CC(CCN)C(c1c[nH]c2ccccc12)N(C)C. The molecule has 0 aliphatic carbocycles. The molecule has 0 saturated carbocycles. The molecule has 0 aliphatic heterocycles. The van der Waals surface area contributed by atoms with Gasteiger partial charge >= 0.3 is 0 Å². The minimum Gasteiger partial charge on any atom is -0.361 e. The van der Waals surface area contributed by atoms with Crippen LogP contribution >= 0.6 is 0 Å². The first kappa shape index (κ1) is 13.1. The molecule has 1 aromatic heterocycles. The molecule has 3 nitrogen and oxygen atoms in total. The topological polar surface area (TPSA) is 45.1 Å². The predicted octanol–water partition coefficient (Wildman–Crippen LogP) is 2.76. The summed E-state index contributed by atoms with van der Waals surface area (Å²) >= 11 is 0. The van der Waals surface area contributed by atoms with Gasteiger partial charge in [0.2, 0.25) is 0 Å². The third-order valence-corrected chi connectivity index (χ3v) is 3.66. The van der Waals surface area contributed by atoms with Gasteiger partial charge < -0.3 is 15.6 Å². The standard InChI is InChI=1S/C15H23N3/c1-11(8-9-16)15(18(2)3)13-10-17-14-7-5-4-6-12(13)14/h4-7,10-11,15,17H,8-9,16H2,1-3H3. The molecule has 2 rings (SSSR count). The van der Waals surface area contributed by atoms with Gasteiger partial charge in [-0.05, 0) is 44.6 Å². The lowest BCUT2D eigenvalue weighted by atomic mass is 9.91. The first-order valence-corrected chi connectivity index (χ1v) is 6.57. The van der Waals surface area contributed by atoms with Crippen LogP contribution in [0.3, 0.4) is 0 Å². The fraction of sp³-hybridized carbons (Fsp3) is 0.467. The molecule has 1 heterocycles. The predicted molar refractivity (Wildman–Crippen MR) is 77.6 cm³/mol. The molecule has 0 aliphatic rings. The lowest BCUT2D eigenvalue weighted by Crippen LogP contribution is -2.27. The fourth-order valence-electron chi connectivity index (χ4n) is 2.85. The summed E-state index contributed by atoms with van der Waals surface area (Å²) in [4.78, 5) is 5.65. The lowest BCUT2D eigenvalue weighted by Gasteiger charge is -2.30. The minimum absolute atomic E-state index is 0.407. The van der Waals surface area contributed by atoms with Crippen molar-refractivity contribution in [2.45, 2.75) is 19.4 Å². The monoisotopic (exact) mass is 245 g/mol. The van der Waals surface area contributed by atoms with Crippen molar-refractivity contribution in [1.29, 1.82) is 0 Å². The van der Waals surface area contributed by atoms with Crippen LogP contribution in [0.4, 0.5) is 0 Å². The molecule has 0 fully saturated rings. The van der Waals surface area contributed by atoms with E-state index in [1.165, 1.54) is 16.5 Å². The number of rotatable bonds is 5. The number of aromatic nitrogens is 1. The highest BCUT2D eigenvalue weighted by molar-refractivity contribution is 5.83. The number of hydrogen-bond donors (Lipinski definition) is 2. The number of aromatic amines is 1. The van der Waals surface area contributed by atoms with E-state index in [-0.39, 0.29) is 0 Å². The van der Waals surface area contributed by atoms with Gasteiger partial charge in [-0.3, -0.25) is 0 Å². The lowest BCUT2D eigenvalue weighted by molar-refractivity contribution is 0.218. The van der Waals surface area contributed by atoms with Gasteiger partial charge in [0.1, 0.15) is 0 Å². The molecule has 3 N–H and O–H groups in total. The fourth-order valence-corrected chi connectivity index (χ4v) is 2.85. The van der Waals surface area contributed by atoms with E-state index in [1.54, 1.807) is 0 Å². The maximum absolute atomic E-state index is 5.71. The summed E-state index contributed by atoms with van der Waals surface area (Å²) in [5, 5.41) is 1.32. The maximum atomic E-state index is 5.71. The van der Waals surface area contributed by atoms with E-state index < -0.39 is 0 Å². The third-order valence-electron chi connectivity index (χ3n) is 3.66. The second kappa shape index (κ2) is 5.55. The zero-order valence-corrected chi connectivity index (χ0v) is 11.5. The van der Waals surface area contributed by atoms with E-state index in [0.717, 1.165) is 13.0 Å². The first-order valence-electron chi connectivity index (χ1n) is 6.57. The Morgan fingerprint density at radius 1 is 1.28 bits per heavy atom. The van der Waals surface area contributed by atoms with Crippen molar-refractivity contribution in [2.75, 3.05) is 20.6 Å². The molecule has 0 bridgehead atoms. The van der Waals surface area contributed by atoms with Crippen molar-refractivity contribution in [3.05, 3.63) is 36.0 Å². The Morgan fingerprint density at radius 3 is 2.67 bits per heavy atom. The number of nitrogens with one attached hydrogen (secondary N) is 1. The van der Waals surface area contributed by atoms with Gasteiger partial charge in [0, 0.05) is 23.1 Å². The number of benzene rings is 1. The Labute approximate surface area is 109 Å². The van der Waals surface area contributed by atoms with Crippen LogP contribution in [-0.4, -0.2) is 30.5 Å². The highest BCUT2D eigenvalue weighted by Crippen LogP contribution is 2.33. The molecule has 0 spiro atoms. The first-order chi connectivity index (χ1) is 8.65. The van der Waals surface area contributed by atoms with Crippen molar-refractivity contribution in [1.82, 2.24) is 9.88 Å². The number of H-pyrrole nitrogens is 1. The van der Waals surface area contributed by atoms with Gasteiger partial charge in [-0.25, -0.2) is 0 Å². The summed E-state index contributed by atoms with van der Waals surface area (Å²) in [6, 6.07) is 8.88. The number of nitrogens with two attached hydrogens (primary N) is 1. The molecule has 3 heteroatoms. The van der Waals surface area contributed by atoms with Crippen LogP contribution in [0.1, 0.15) is 24.9 Å². The summed E-state index contributed by atoms with van der Waals surface area (Å²) in [6.45, 7) is 3.02. The van der Waals surface area contributed by atoms with Crippen LogP contribution in [0, 0.1) is 5.92 Å². The molecule has 18 heavy (non-hydrogen) atoms. The summed E-state index contributed by atoms with van der Waals surface area (Å²) in [7, 11) is 4.28. The van der Waals surface area contributed by atoms with Crippen molar-refractivity contribution >= 4 is 10.9 Å². The molecular weight excluding hydrogens is 222 g/mol. The van der Waals surface area contributed by atoms with Crippen LogP contribution in [0.5, 0.6) is 0 Å². The Morgan fingerprint density at radius 2 is 2.00 bits per heavy atom. The smallest absolute Gasteiger partial charge is 0.0457 e. The maximum Gasteiger partial charge on any atom is 0.0457 e. The summed E-state index contributed by atoms with van der Waals surface area (Å²) in [5.74, 6) is 0.546. The van der Waals surface area contributed by atoms with Gasteiger partial charge in [0.05, 0.1) is 0 Å². The average molecular weight is 245 g/mol. The summed E-state index contributed by atoms with van der Waals surface area (Å²) in [5.41, 5.74) is 8.29. The normalized spacial score (nSPS) is 15.2. The van der Waals surface area contributed by atoms with Crippen LogP contribution < -0.4 is 5.73 Å². The van der Waals surface area contributed by atoms with Crippen molar-refractivity contribution in [3.8, 4) is 0 Å². The number of fused-ring (bicyclic) bond motifs is 1. The van der Waals surface area contributed by atoms with Crippen molar-refractivity contribution in [3.63, 3.8) is 0 Å². The Hall–Kier alpha value is -1.32. The Balaban J connectivity index is 2.42. The molecule has 2 unspecified atom stereocenters. The van der Waals surface area contributed by atoms with E-state index in [9.17, 15) is 0 Å². The quantitative estimate of drug-likeness (QED) is 0.850.